The minimum atomic E-state index is 0. The van der Waals surface area contributed by atoms with Crippen LogP contribution in [0.5, 0.6) is 0 Å². The summed E-state index contributed by atoms with van der Waals surface area (Å²) in [5, 5.41) is 6.51. The second-order valence-corrected chi connectivity index (χ2v) is 7.35. The molecule has 0 aromatic rings. The molecular weight excluding hydrogens is 256 g/mol. The summed E-state index contributed by atoms with van der Waals surface area (Å²) in [6.07, 6.45) is 2.10. The number of hydrogen-bond donors (Lipinski definition) is 2. The van der Waals surface area contributed by atoms with Crippen LogP contribution in [0.25, 0.3) is 0 Å². The molecule has 2 atom stereocenters. The third-order valence-corrected chi connectivity index (χ3v) is 3.90. The van der Waals surface area contributed by atoms with E-state index in [-0.39, 0.29) is 23.1 Å². The molecule has 3 nitrogen and oxygen atoms in total. The number of hydrogen-bond acceptors (Lipinski definition) is 3. The minimum absolute atomic E-state index is 0. The lowest BCUT2D eigenvalue weighted by molar-refractivity contribution is -0.119. The van der Waals surface area contributed by atoms with Crippen LogP contribution < -0.4 is 10.6 Å². The summed E-state index contributed by atoms with van der Waals surface area (Å²) in [4.78, 5) is 11.7. The lowest BCUT2D eigenvalue weighted by Crippen LogP contribution is -2.47. The molecule has 17 heavy (non-hydrogen) atoms. The van der Waals surface area contributed by atoms with Gasteiger partial charge < -0.3 is 10.6 Å². The Balaban J connectivity index is 0.00000256. The fraction of sp³-hybridized carbons (Fsp3) is 0.917. The number of carbonyl (C=O) groups excluding carboxylic acids is 1. The van der Waals surface area contributed by atoms with Gasteiger partial charge >= 0.3 is 0 Å². The van der Waals surface area contributed by atoms with E-state index in [9.17, 15) is 4.79 Å². The smallest absolute Gasteiger partial charge is 0.230 e. The number of amides is 1. The van der Waals surface area contributed by atoms with Gasteiger partial charge in [-0.25, -0.2) is 0 Å². The lowest BCUT2D eigenvalue weighted by Gasteiger charge is -2.29. The summed E-state index contributed by atoms with van der Waals surface area (Å²) in [5.74, 6) is 0.751. The normalized spacial score (nSPS) is 24.9. The van der Waals surface area contributed by atoms with Crippen LogP contribution in [0.15, 0.2) is 0 Å². The van der Waals surface area contributed by atoms with E-state index in [1.54, 1.807) is 11.8 Å². The van der Waals surface area contributed by atoms with Crippen molar-refractivity contribution in [2.75, 3.05) is 12.3 Å². The standard InChI is InChI=1S/C12H24N2OS.ClH/c1-9-7-10(5-6-13-9)14-11(15)8-16-12(2,3)4;/h9-10,13H,5-8H2,1-4H3,(H,14,15);1H. The first kappa shape index (κ1) is 17.1. The molecule has 102 valence electrons. The van der Waals surface area contributed by atoms with E-state index >= 15 is 0 Å². The largest absolute Gasteiger partial charge is 0.353 e. The first-order chi connectivity index (χ1) is 7.37. The maximum Gasteiger partial charge on any atom is 0.230 e. The maximum absolute atomic E-state index is 11.7. The highest BCUT2D eigenvalue weighted by atomic mass is 35.5. The molecule has 1 amide bonds. The Labute approximate surface area is 115 Å². The average molecular weight is 281 g/mol. The lowest BCUT2D eigenvalue weighted by atomic mass is 10.0. The van der Waals surface area contributed by atoms with E-state index in [1.807, 2.05) is 0 Å². The topological polar surface area (TPSA) is 41.1 Å². The molecule has 2 N–H and O–H groups in total. The van der Waals surface area contributed by atoms with Gasteiger partial charge in [0.25, 0.3) is 0 Å². The third-order valence-electron chi connectivity index (χ3n) is 2.63. The number of carbonyl (C=O) groups is 1. The van der Waals surface area contributed by atoms with Crippen molar-refractivity contribution < 1.29 is 4.79 Å². The molecule has 1 saturated heterocycles. The molecule has 0 aromatic carbocycles. The van der Waals surface area contributed by atoms with Crippen molar-refractivity contribution in [3.05, 3.63) is 0 Å². The highest BCUT2D eigenvalue weighted by Gasteiger charge is 2.20. The summed E-state index contributed by atoms with van der Waals surface area (Å²) in [6, 6.07) is 0.888. The van der Waals surface area contributed by atoms with Crippen LogP contribution in [-0.2, 0) is 4.79 Å². The van der Waals surface area contributed by atoms with Gasteiger partial charge in [-0.3, -0.25) is 4.79 Å². The van der Waals surface area contributed by atoms with Crippen LogP contribution in [-0.4, -0.2) is 35.0 Å². The zero-order chi connectivity index (χ0) is 12.2. The zero-order valence-corrected chi connectivity index (χ0v) is 12.8. The molecule has 1 aliphatic rings. The predicted molar refractivity (Wildman–Crippen MR) is 78.1 cm³/mol. The molecule has 1 rings (SSSR count). The van der Waals surface area contributed by atoms with E-state index in [2.05, 4.69) is 38.3 Å². The molecule has 1 aliphatic heterocycles. The second kappa shape index (κ2) is 7.49. The van der Waals surface area contributed by atoms with Crippen LogP contribution in [0.2, 0.25) is 0 Å². The van der Waals surface area contributed by atoms with Crippen molar-refractivity contribution in [1.82, 2.24) is 10.6 Å². The molecule has 0 bridgehead atoms. The van der Waals surface area contributed by atoms with E-state index in [1.165, 1.54) is 0 Å². The van der Waals surface area contributed by atoms with Crippen molar-refractivity contribution in [2.24, 2.45) is 0 Å². The maximum atomic E-state index is 11.7. The molecule has 0 radical (unpaired) electrons. The Bertz CT molecular complexity index is 243. The number of piperidine rings is 1. The van der Waals surface area contributed by atoms with Gasteiger partial charge in [-0.1, -0.05) is 20.8 Å². The Morgan fingerprint density at radius 2 is 2.12 bits per heavy atom. The van der Waals surface area contributed by atoms with Crippen LogP contribution in [0.3, 0.4) is 0 Å². The highest BCUT2D eigenvalue weighted by molar-refractivity contribution is 8.01. The van der Waals surface area contributed by atoms with Gasteiger partial charge in [-0.15, -0.1) is 24.2 Å². The Morgan fingerprint density at radius 1 is 1.47 bits per heavy atom. The third kappa shape index (κ3) is 7.90. The zero-order valence-electron chi connectivity index (χ0n) is 11.2. The van der Waals surface area contributed by atoms with Crippen LogP contribution in [0.1, 0.15) is 40.5 Å². The monoisotopic (exact) mass is 280 g/mol. The Kier molecular flexibility index (Phi) is 7.52. The molecule has 0 aliphatic carbocycles. The molecule has 2 unspecified atom stereocenters. The Hall–Kier alpha value is 0.0700. The summed E-state index contributed by atoms with van der Waals surface area (Å²) >= 11 is 1.70. The number of nitrogens with one attached hydrogen (secondary N) is 2. The van der Waals surface area contributed by atoms with Gasteiger partial charge in [0.15, 0.2) is 0 Å². The van der Waals surface area contributed by atoms with Gasteiger partial charge in [0, 0.05) is 16.8 Å². The molecule has 5 heteroatoms. The summed E-state index contributed by atoms with van der Waals surface area (Å²) < 4.78 is 0.165. The average Bonchev–Trinajstić information content (AvgIpc) is 2.14. The van der Waals surface area contributed by atoms with Gasteiger partial charge in [0.1, 0.15) is 0 Å². The van der Waals surface area contributed by atoms with Gasteiger partial charge in [-0.2, -0.15) is 0 Å². The first-order valence-corrected chi connectivity index (χ1v) is 7.02. The van der Waals surface area contributed by atoms with Crippen molar-refractivity contribution >= 4 is 30.1 Å². The van der Waals surface area contributed by atoms with Crippen molar-refractivity contribution in [3.8, 4) is 0 Å². The van der Waals surface area contributed by atoms with Crippen molar-refractivity contribution in [1.29, 1.82) is 0 Å². The van der Waals surface area contributed by atoms with Crippen molar-refractivity contribution in [3.63, 3.8) is 0 Å². The number of halogens is 1. The minimum Gasteiger partial charge on any atom is -0.353 e. The van der Waals surface area contributed by atoms with E-state index < -0.39 is 0 Å². The van der Waals surface area contributed by atoms with Gasteiger partial charge in [0.2, 0.25) is 5.91 Å². The van der Waals surface area contributed by atoms with E-state index in [0.29, 0.717) is 17.8 Å². The predicted octanol–water partition coefficient (Wildman–Crippen LogP) is 2.20. The summed E-state index contributed by atoms with van der Waals surface area (Å²) in [6.45, 7) is 9.59. The molecular formula is C12H25ClN2OS. The van der Waals surface area contributed by atoms with Crippen LogP contribution in [0.4, 0.5) is 0 Å². The number of rotatable bonds is 3. The highest BCUT2D eigenvalue weighted by Crippen LogP contribution is 2.22. The first-order valence-electron chi connectivity index (χ1n) is 6.03. The molecule has 0 aromatic heterocycles. The molecule has 1 fully saturated rings. The molecule has 0 spiro atoms. The summed E-state index contributed by atoms with van der Waals surface area (Å²) in [5.41, 5.74) is 0. The second-order valence-electron chi connectivity index (χ2n) is 5.55. The SMILES string of the molecule is CC1CC(NC(=O)CSC(C)(C)C)CCN1.Cl. The molecule has 1 heterocycles. The van der Waals surface area contributed by atoms with Crippen LogP contribution in [0, 0.1) is 0 Å². The van der Waals surface area contributed by atoms with Gasteiger partial charge in [0.05, 0.1) is 5.75 Å². The van der Waals surface area contributed by atoms with Crippen molar-refractivity contribution in [2.45, 2.75) is 57.4 Å². The van der Waals surface area contributed by atoms with Gasteiger partial charge in [-0.05, 0) is 26.3 Å². The van der Waals surface area contributed by atoms with E-state index in [4.69, 9.17) is 0 Å². The summed E-state index contributed by atoms with van der Waals surface area (Å²) in [7, 11) is 0. The quantitative estimate of drug-likeness (QED) is 0.833. The van der Waals surface area contributed by atoms with E-state index in [0.717, 1.165) is 19.4 Å². The van der Waals surface area contributed by atoms with Crippen LogP contribution >= 0.6 is 24.2 Å². The Morgan fingerprint density at radius 3 is 2.65 bits per heavy atom. The fourth-order valence-electron chi connectivity index (χ4n) is 1.81. The number of thioether (sulfide) groups is 1. The fourth-order valence-corrected chi connectivity index (χ4v) is 2.46. The molecule has 0 saturated carbocycles.